The number of nitrogens with zero attached hydrogens (tertiary/aromatic N) is 8. The topological polar surface area (TPSA) is 441 Å². The molecule has 12 rings (SSSR count). The number of unbranched alkanes of at least 4 members (excludes halogenated alkanes) is 2. The van der Waals surface area contributed by atoms with Gasteiger partial charge in [0.05, 0.1) is 52.7 Å². The minimum atomic E-state index is -4.59. The Labute approximate surface area is 666 Å². The van der Waals surface area contributed by atoms with Crippen LogP contribution in [0, 0.1) is 29.1 Å². The Morgan fingerprint density at radius 2 is 1.46 bits per heavy atom. The summed E-state index contributed by atoms with van der Waals surface area (Å²) in [6, 6.07) is 17.8. The van der Waals surface area contributed by atoms with Crippen molar-refractivity contribution in [1.29, 1.82) is 0 Å². The second-order valence-corrected chi connectivity index (χ2v) is 36.2. The van der Waals surface area contributed by atoms with Gasteiger partial charge in [0.15, 0.2) is 16.6 Å². The molecule has 9 N–H and O–H groups in total. The highest BCUT2D eigenvalue weighted by molar-refractivity contribution is 7.86. The van der Waals surface area contributed by atoms with Gasteiger partial charge in [0, 0.05) is 105 Å². The largest absolute Gasteiger partial charge is 0.491 e. The average molecular weight is 1630 g/mol. The molecule has 32 nitrogen and oxygen atoms in total. The van der Waals surface area contributed by atoms with Crippen molar-refractivity contribution in [1.82, 2.24) is 50.4 Å². The number of imide groups is 1. The monoisotopic (exact) mass is 1630 g/mol. The number of benzene rings is 3. The number of ether oxygens (including phenoxy) is 3. The number of ketones is 1. The number of Topliss-reactive ketones (excluding diaryl/α,β-unsaturated/α-hetero) is 1. The normalized spacial score (nSPS) is 20.3. The smallest absolute Gasteiger partial charge is 0.410 e. The molecule has 4 atom stereocenters. The molecular formula is C79H101N13O19S3. The van der Waals surface area contributed by atoms with Crippen LogP contribution < -0.4 is 36.6 Å². The number of primary amides is 1. The maximum Gasteiger partial charge on any atom is 0.410 e. The number of likely N-dealkylation sites (N-methyl/N-ethyl adjacent to an activating group) is 1. The van der Waals surface area contributed by atoms with Crippen LogP contribution in [0.4, 0.5) is 20.5 Å². The molecule has 114 heavy (non-hydrogen) atoms. The first-order valence-electron chi connectivity index (χ1n) is 38.3. The third-order valence-corrected chi connectivity index (χ3v) is 24.4. The van der Waals surface area contributed by atoms with Crippen molar-refractivity contribution in [2.75, 3.05) is 87.8 Å². The minimum absolute atomic E-state index is 0.00617. The highest BCUT2D eigenvalue weighted by atomic mass is 32.2. The molecule has 4 fully saturated rings. The molecule has 0 spiro atoms. The van der Waals surface area contributed by atoms with Gasteiger partial charge in [-0.25, -0.2) is 24.4 Å². The molecule has 3 aromatic heterocycles. The highest BCUT2D eigenvalue weighted by Gasteiger charge is 2.66. The maximum absolute atomic E-state index is 14.5. The molecule has 614 valence electrons. The Kier molecular flexibility index (Phi) is 26.8. The average Bonchev–Trinajstić information content (AvgIpc) is 0.765. The fourth-order valence-electron chi connectivity index (χ4n) is 17.8. The predicted octanol–water partition coefficient (Wildman–Crippen LogP) is 7.91. The summed E-state index contributed by atoms with van der Waals surface area (Å²) in [7, 11) is -6.89. The fraction of sp³-hybridized carbons (Fsp3) is 0.519. The third-order valence-electron chi connectivity index (χ3n) is 22.1. The van der Waals surface area contributed by atoms with Crippen molar-refractivity contribution in [3.63, 3.8) is 0 Å². The minimum Gasteiger partial charge on any atom is -0.491 e. The molecule has 0 saturated heterocycles. The number of thiazole rings is 1. The van der Waals surface area contributed by atoms with E-state index in [0.717, 1.165) is 58.7 Å². The van der Waals surface area contributed by atoms with E-state index in [1.54, 1.807) is 75.6 Å². The first kappa shape index (κ1) is 85.1. The molecule has 8 amide bonds. The molecule has 4 bridgehead atoms. The standard InChI is InChI=1S/C79H101N13O19S3/c1-50(2)68(86-65(94)16-8-7-11-29-91-66(95)25-26-67(91)96)71(98)83-59(14-12-28-81-73(80)101)61(93)39-52-17-19-53(20-18-52)42-110-75(102)89(34-38-114(106,107)108)32-35-109-62-23-21-56(70(97)87-74-84-60-13-9-10-15-63(60)112-74)58-41-90(30-27-54(58)62)64-24-22-55(69(85-64)72(99)100)57-40-82-92(51(57)3)49-78-44-76(4)43-77(5,45-78)47-79(46-76,48-78)111-36-31-88(6)33-37-113(103,104)105/h9-10,13,15,17-26,40,50,59,68H,7-8,11-12,14,16,27-39,41-49H2,1-6H3,(H,83,98)(H,86,94)(H,99,100)(H3,80,81,101)(H,84,87,97)(H,103,104,105)(H,106,107,108)/t59-,68-,76?,77?,78?,79?/m0/s1. The zero-order valence-corrected chi connectivity index (χ0v) is 67.4. The highest BCUT2D eigenvalue weighted by Crippen LogP contribution is 2.72. The first-order chi connectivity index (χ1) is 53.9. The van der Waals surface area contributed by atoms with Gasteiger partial charge in [-0.3, -0.25) is 52.8 Å². The first-order valence-corrected chi connectivity index (χ1v) is 42.4. The lowest BCUT2D eigenvalue weighted by molar-refractivity contribution is -0.248. The van der Waals surface area contributed by atoms with E-state index in [4.69, 9.17) is 30.0 Å². The molecule has 6 aliphatic rings. The van der Waals surface area contributed by atoms with Crippen LogP contribution in [0.15, 0.2) is 91.1 Å². The van der Waals surface area contributed by atoms with Crippen molar-refractivity contribution in [3.8, 4) is 16.9 Å². The van der Waals surface area contributed by atoms with Gasteiger partial charge in [0.2, 0.25) is 11.8 Å². The molecular weight excluding hydrogens is 1530 g/mol. The summed E-state index contributed by atoms with van der Waals surface area (Å²) >= 11 is 1.30. The van der Waals surface area contributed by atoms with Gasteiger partial charge in [-0.05, 0) is 160 Å². The fourth-order valence-corrected chi connectivity index (χ4v) is 19.6. The molecule has 4 aliphatic carbocycles. The summed E-state index contributed by atoms with van der Waals surface area (Å²) in [5.74, 6) is -4.82. The van der Waals surface area contributed by atoms with Gasteiger partial charge in [-0.1, -0.05) is 81.9 Å². The second-order valence-electron chi connectivity index (χ2n) is 32.0. The zero-order valence-electron chi connectivity index (χ0n) is 64.9. The van der Waals surface area contributed by atoms with Gasteiger partial charge >= 0.3 is 18.1 Å². The summed E-state index contributed by atoms with van der Waals surface area (Å²) in [6.07, 6.45) is 10.8. The lowest BCUT2D eigenvalue weighted by atomic mass is 9.39. The maximum atomic E-state index is 14.5. The summed E-state index contributed by atoms with van der Waals surface area (Å²) in [4.78, 5) is 133. The van der Waals surface area contributed by atoms with Crippen LogP contribution in [-0.2, 0) is 86.2 Å². The number of fused-ring (bicyclic) bond motifs is 2. The van der Waals surface area contributed by atoms with E-state index in [-0.39, 0.29) is 141 Å². The molecule has 5 heterocycles. The Hall–Kier alpha value is -9.78. The molecule has 4 saturated carbocycles. The number of urea groups is 1. The van der Waals surface area contributed by atoms with Gasteiger partial charge in [0.1, 0.15) is 30.8 Å². The van der Waals surface area contributed by atoms with Crippen LogP contribution in [0.5, 0.6) is 5.75 Å². The van der Waals surface area contributed by atoms with Crippen LogP contribution in [0.3, 0.4) is 0 Å². The van der Waals surface area contributed by atoms with E-state index in [0.29, 0.717) is 94.6 Å². The molecule has 3 aromatic carbocycles. The van der Waals surface area contributed by atoms with Crippen molar-refractivity contribution in [2.45, 2.75) is 162 Å². The number of anilines is 2. The van der Waals surface area contributed by atoms with E-state index < -0.39 is 86.0 Å². The number of nitrogens with two attached hydrogens (primary N) is 1. The molecule has 6 aromatic rings. The SMILES string of the molecule is Cc1c(-c2ccc(N3CCc4c(OCCN(CCS(=O)(=O)O)C(=O)OCc5ccc(CC(=O)[C@H](CCCNC(N)=O)NC(=O)[C@@H](NC(=O)CCCCCN6C(=O)C=CC6=O)C(C)C)cc5)ccc(C(=O)Nc5nc6ccccc6s5)c4C3)nc2C(=O)O)cnn1CC12CC3(C)CC(C)(C1)CC(OCCN(C)CCS(=O)(=O)O)(C3)C2. The molecule has 2 aliphatic heterocycles. The van der Waals surface area contributed by atoms with E-state index >= 15 is 0 Å². The second kappa shape index (κ2) is 35.9. The van der Waals surface area contributed by atoms with E-state index in [2.05, 4.69) is 40.1 Å². The van der Waals surface area contributed by atoms with Gasteiger partial charge in [-0.2, -0.15) is 21.9 Å². The zero-order chi connectivity index (χ0) is 82.1. The van der Waals surface area contributed by atoms with Crippen LogP contribution in [0.2, 0.25) is 0 Å². The number of amides is 8. The van der Waals surface area contributed by atoms with Crippen molar-refractivity contribution in [3.05, 3.63) is 130 Å². The number of carbonyl (C=O) groups is 9. The Balaban J connectivity index is 0.742. The third kappa shape index (κ3) is 22.0. The van der Waals surface area contributed by atoms with Crippen LogP contribution in [-0.4, -0.2) is 214 Å². The summed E-state index contributed by atoms with van der Waals surface area (Å²) in [6.45, 7) is 11.2. The number of para-hydroxylation sites is 1. The lowest BCUT2D eigenvalue weighted by Crippen LogP contribution is -2.64. The van der Waals surface area contributed by atoms with Crippen LogP contribution in [0.1, 0.15) is 154 Å². The van der Waals surface area contributed by atoms with E-state index in [1.165, 1.54) is 23.5 Å². The van der Waals surface area contributed by atoms with Crippen molar-refractivity contribution >= 4 is 106 Å². The summed E-state index contributed by atoms with van der Waals surface area (Å²) in [5, 5.41) is 27.2. The number of carbonyl (C=O) groups excluding carboxylic acids is 8. The van der Waals surface area contributed by atoms with Gasteiger partial charge in [-0.15, -0.1) is 0 Å². The summed E-state index contributed by atoms with van der Waals surface area (Å²) < 4.78 is 88.2. The van der Waals surface area contributed by atoms with Crippen molar-refractivity contribution in [2.24, 2.45) is 27.9 Å². The number of nitrogens with one attached hydrogen (secondary N) is 4. The van der Waals surface area contributed by atoms with Crippen LogP contribution >= 0.6 is 11.3 Å². The van der Waals surface area contributed by atoms with E-state index in [1.807, 2.05) is 45.7 Å². The van der Waals surface area contributed by atoms with Gasteiger partial charge in [0.25, 0.3) is 38.0 Å². The molecule has 0 radical (unpaired) electrons. The lowest BCUT2D eigenvalue weighted by Gasteiger charge is -2.69. The number of hydrogen-bond acceptors (Lipinski definition) is 22. The number of carboxylic acids is 1. The summed E-state index contributed by atoms with van der Waals surface area (Å²) in [5.41, 5.74) is 9.39. The number of aromatic nitrogens is 4. The Morgan fingerprint density at radius 3 is 2.15 bits per heavy atom. The number of hydrogen-bond donors (Lipinski definition) is 8. The number of rotatable bonds is 40. The molecule has 35 heteroatoms. The number of aromatic carboxylic acids is 1. The number of pyridine rings is 1. The molecule has 2 unspecified atom stereocenters. The predicted molar refractivity (Wildman–Crippen MR) is 424 cm³/mol. The Bertz CT molecular complexity index is 4820. The van der Waals surface area contributed by atoms with Gasteiger partial charge < -0.3 is 55.7 Å². The quantitative estimate of drug-likeness (QED) is 0.0103. The number of carboxylic acid groups (broad SMARTS) is 1. The van der Waals surface area contributed by atoms with Crippen molar-refractivity contribution < 1.29 is 88.4 Å². The van der Waals surface area contributed by atoms with Crippen LogP contribution in [0.25, 0.3) is 21.3 Å². The van der Waals surface area contributed by atoms with E-state index in [9.17, 15) is 74.2 Å². The Morgan fingerprint density at radius 1 is 0.763 bits per heavy atom.